The predicted molar refractivity (Wildman–Crippen MR) is 140 cm³/mol. The fourth-order valence-electron chi connectivity index (χ4n) is 4.61. The molecule has 3 amide bonds. The summed E-state index contributed by atoms with van der Waals surface area (Å²) in [5.74, 6) is -0.723. The number of carbonyl (C=O) groups is 3. The van der Waals surface area contributed by atoms with Gasteiger partial charge in [0.05, 0.1) is 31.0 Å². The second kappa shape index (κ2) is 12.0. The van der Waals surface area contributed by atoms with Crippen molar-refractivity contribution in [2.45, 2.75) is 64.5 Å². The summed E-state index contributed by atoms with van der Waals surface area (Å²) >= 11 is 0. The second-order valence-electron chi connectivity index (χ2n) is 9.86. The lowest BCUT2D eigenvalue weighted by molar-refractivity contribution is -0.139. The van der Waals surface area contributed by atoms with Crippen LogP contribution in [0.5, 0.6) is 0 Å². The van der Waals surface area contributed by atoms with Gasteiger partial charge in [0.2, 0.25) is 17.7 Å². The highest BCUT2D eigenvalue weighted by Gasteiger charge is 2.40. The first-order chi connectivity index (χ1) is 18.2. The first-order valence-electron chi connectivity index (χ1n) is 12.7. The number of benzene rings is 2. The van der Waals surface area contributed by atoms with E-state index in [-0.39, 0.29) is 32.0 Å². The van der Waals surface area contributed by atoms with Crippen molar-refractivity contribution in [2.75, 3.05) is 6.54 Å². The molecule has 1 aliphatic rings. The number of rotatable bonds is 9. The summed E-state index contributed by atoms with van der Waals surface area (Å²) in [5.41, 5.74) is 3.49. The number of nitrogens with zero attached hydrogens (tertiary/aromatic N) is 4. The fourth-order valence-corrected chi connectivity index (χ4v) is 4.61. The van der Waals surface area contributed by atoms with E-state index in [1.165, 1.54) is 28.3 Å². The summed E-state index contributed by atoms with van der Waals surface area (Å²) in [4.78, 5) is 39.2. The van der Waals surface area contributed by atoms with Gasteiger partial charge in [0, 0.05) is 13.3 Å². The van der Waals surface area contributed by atoms with Gasteiger partial charge in [-0.15, -0.1) is 5.10 Å². The van der Waals surface area contributed by atoms with Crippen molar-refractivity contribution in [1.29, 1.82) is 0 Å². The molecule has 38 heavy (non-hydrogen) atoms. The topological polar surface area (TPSA) is 109 Å². The van der Waals surface area contributed by atoms with Crippen molar-refractivity contribution in [2.24, 2.45) is 0 Å². The molecule has 1 aliphatic heterocycles. The molecule has 1 saturated heterocycles. The van der Waals surface area contributed by atoms with Crippen molar-refractivity contribution >= 4 is 17.7 Å². The zero-order valence-electron chi connectivity index (χ0n) is 21.8. The van der Waals surface area contributed by atoms with Crippen LogP contribution in [0.3, 0.4) is 0 Å². The standard InChI is InChI=1S/C28H33FN6O3/c1-18(2)20-9-11-22(12-10-20)27(21-7-5-4-6-8-21)32-28(38)25-13-23(29)16-34(25)26(37)17-35-24(15-31-33-35)14-30-19(3)36/h4-12,15,18,23,25,27H,13-14,16-17H2,1-3H3,(H,30,36)(H,32,38). The molecule has 0 spiro atoms. The third-order valence-electron chi connectivity index (χ3n) is 6.73. The molecule has 9 nitrogen and oxygen atoms in total. The van der Waals surface area contributed by atoms with Gasteiger partial charge in [-0.3, -0.25) is 14.4 Å². The van der Waals surface area contributed by atoms with Crippen LogP contribution in [-0.4, -0.2) is 56.4 Å². The fraction of sp³-hybridized carbons (Fsp3) is 0.393. The largest absolute Gasteiger partial charge is 0.351 e. The van der Waals surface area contributed by atoms with Gasteiger partial charge in [0.25, 0.3) is 0 Å². The number of amides is 3. The molecule has 1 fully saturated rings. The summed E-state index contributed by atoms with van der Waals surface area (Å²) in [6, 6.07) is 16.2. The van der Waals surface area contributed by atoms with Crippen LogP contribution in [0, 0.1) is 0 Å². The Balaban J connectivity index is 1.52. The molecule has 0 bridgehead atoms. The number of hydrogen-bond acceptors (Lipinski definition) is 5. The summed E-state index contributed by atoms with van der Waals surface area (Å²) in [6.07, 6.45) is 0.0519. The van der Waals surface area contributed by atoms with Crippen LogP contribution in [-0.2, 0) is 27.5 Å². The van der Waals surface area contributed by atoms with Crippen molar-refractivity contribution in [3.05, 3.63) is 83.2 Å². The Labute approximate surface area is 221 Å². The number of aromatic nitrogens is 3. The van der Waals surface area contributed by atoms with E-state index in [0.717, 1.165) is 11.1 Å². The second-order valence-corrected chi connectivity index (χ2v) is 9.86. The van der Waals surface area contributed by atoms with Gasteiger partial charge in [-0.2, -0.15) is 0 Å². The summed E-state index contributed by atoms with van der Waals surface area (Å²) in [7, 11) is 0. The lowest BCUT2D eigenvalue weighted by Gasteiger charge is -2.27. The van der Waals surface area contributed by atoms with E-state index in [2.05, 4.69) is 34.8 Å². The number of nitrogens with one attached hydrogen (secondary N) is 2. The minimum Gasteiger partial charge on any atom is -0.351 e. The smallest absolute Gasteiger partial charge is 0.245 e. The molecule has 10 heteroatoms. The number of halogens is 1. The van der Waals surface area contributed by atoms with E-state index in [1.54, 1.807) is 0 Å². The maximum atomic E-state index is 14.6. The van der Waals surface area contributed by atoms with E-state index in [0.29, 0.717) is 11.6 Å². The minimum atomic E-state index is -1.32. The first-order valence-corrected chi connectivity index (χ1v) is 12.7. The molecule has 3 unspecified atom stereocenters. The van der Waals surface area contributed by atoms with E-state index >= 15 is 0 Å². The SMILES string of the molecule is CC(=O)NCc1cnnn1CC(=O)N1CC(F)CC1C(=O)NC(c1ccccc1)c1ccc(C(C)C)cc1. The van der Waals surface area contributed by atoms with Gasteiger partial charge in [-0.25, -0.2) is 9.07 Å². The predicted octanol–water partition coefficient (Wildman–Crippen LogP) is 2.88. The van der Waals surface area contributed by atoms with Crippen LogP contribution < -0.4 is 10.6 Å². The maximum Gasteiger partial charge on any atom is 0.245 e. The monoisotopic (exact) mass is 520 g/mol. The Kier molecular flexibility index (Phi) is 8.50. The van der Waals surface area contributed by atoms with Gasteiger partial charge >= 0.3 is 0 Å². The van der Waals surface area contributed by atoms with Crippen LogP contribution >= 0.6 is 0 Å². The molecule has 3 atom stereocenters. The van der Waals surface area contributed by atoms with E-state index in [4.69, 9.17) is 0 Å². The van der Waals surface area contributed by atoms with Crippen LogP contribution in [0.15, 0.2) is 60.8 Å². The third kappa shape index (κ3) is 6.42. The average Bonchev–Trinajstić information content (AvgIpc) is 3.52. The summed E-state index contributed by atoms with van der Waals surface area (Å²) < 4.78 is 15.9. The molecule has 2 N–H and O–H groups in total. The highest BCUT2D eigenvalue weighted by atomic mass is 19.1. The zero-order valence-corrected chi connectivity index (χ0v) is 21.8. The number of alkyl halides is 1. The molecule has 3 aromatic rings. The van der Waals surface area contributed by atoms with Crippen molar-refractivity contribution in [3.63, 3.8) is 0 Å². The molecular formula is C28H33FN6O3. The number of carbonyl (C=O) groups excluding carboxylic acids is 3. The molecular weight excluding hydrogens is 487 g/mol. The Morgan fingerprint density at radius 1 is 1.03 bits per heavy atom. The summed E-state index contributed by atoms with van der Waals surface area (Å²) in [6.45, 7) is 5.38. The highest BCUT2D eigenvalue weighted by molar-refractivity contribution is 5.89. The number of likely N-dealkylation sites (tertiary alicyclic amines) is 1. The van der Waals surface area contributed by atoms with Crippen LogP contribution in [0.1, 0.15) is 61.5 Å². The zero-order chi connectivity index (χ0) is 27.2. The molecule has 200 valence electrons. The Bertz CT molecular complexity index is 1260. The molecule has 4 rings (SSSR count). The van der Waals surface area contributed by atoms with Crippen LogP contribution in [0.4, 0.5) is 4.39 Å². The average molecular weight is 521 g/mol. The highest BCUT2D eigenvalue weighted by Crippen LogP contribution is 2.27. The lowest BCUT2D eigenvalue weighted by Crippen LogP contribution is -2.48. The Morgan fingerprint density at radius 2 is 1.68 bits per heavy atom. The quantitative estimate of drug-likeness (QED) is 0.451. The van der Waals surface area contributed by atoms with Crippen molar-refractivity contribution in [3.8, 4) is 0 Å². The molecule has 0 saturated carbocycles. The van der Waals surface area contributed by atoms with Crippen LogP contribution in [0.25, 0.3) is 0 Å². The molecule has 0 aliphatic carbocycles. The minimum absolute atomic E-state index is 0.0819. The molecule has 2 aromatic carbocycles. The van der Waals surface area contributed by atoms with Gasteiger partial charge in [-0.1, -0.05) is 73.7 Å². The molecule has 0 radical (unpaired) electrons. The van der Waals surface area contributed by atoms with Crippen molar-refractivity contribution < 1.29 is 18.8 Å². The number of hydrogen-bond donors (Lipinski definition) is 2. The first kappa shape index (κ1) is 27.0. The van der Waals surface area contributed by atoms with Crippen LogP contribution in [0.2, 0.25) is 0 Å². The van der Waals surface area contributed by atoms with Gasteiger partial charge in [-0.05, 0) is 22.6 Å². The Morgan fingerprint density at radius 3 is 2.34 bits per heavy atom. The molecule has 2 heterocycles. The third-order valence-corrected chi connectivity index (χ3v) is 6.73. The van der Waals surface area contributed by atoms with E-state index in [1.807, 2.05) is 54.6 Å². The Hall–Kier alpha value is -4.08. The lowest BCUT2D eigenvalue weighted by atomic mass is 9.95. The molecule has 1 aromatic heterocycles. The van der Waals surface area contributed by atoms with Gasteiger partial charge < -0.3 is 15.5 Å². The van der Waals surface area contributed by atoms with Crippen molar-refractivity contribution in [1.82, 2.24) is 30.5 Å². The van der Waals surface area contributed by atoms with E-state index in [9.17, 15) is 18.8 Å². The normalized spacial score (nSPS) is 17.9. The van der Waals surface area contributed by atoms with Gasteiger partial charge in [0.1, 0.15) is 18.8 Å². The maximum absolute atomic E-state index is 14.6. The summed E-state index contributed by atoms with van der Waals surface area (Å²) in [5, 5.41) is 13.4. The van der Waals surface area contributed by atoms with E-state index < -0.39 is 30.1 Å². The van der Waals surface area contributed by atoms with Gasteiger partial charge in [0.15, 0.2) is 0 Å².